The standard InChI is InChI=1S/C14H20BrNO/c1-9-7-11(8-10(2)14(9)15)16-12-5-3-4-6-13(12)17/h7-8,12-13,16-17H,3-6H2,1-2H3/t12-,13-/m0/s1. The summed E-state index contributed by atoms with van der Waals surface area (Å²) in [7, 11) is 0. The van der Waals surface area contributed by atoms with Crippen molar-refractivity contribution in [3.8, 4) is 0 Å². The molecule has 2 rings (SSSR count). The molecule has 94 valence electrons. The van der Waals surface area contributed by atoms with E-state index in [2.05, 4.69) is 47.2 Å². The molecule has 2 nitrogen and oxygen atoms in total. The second kappa shape index (κ2) is 5.40. The van der Waals surface area contributed by atoms with E-state index in [1.807, 2.05) is 0 Å². The quantitative estimate of drug-likeness (QED) is 0.871. The van der Waals surface area contributed by atoms with Crippen molar-refractivity contribution in [3.05, 3.63) is 27.7 Å². The van der Waals surface area contributed by atoms with Crippen LogP contribution in [0.2, 0.25) is 0 Å². The highest BCUT2D eigenvalue weighted by atomic mass is 79.9. The van der Waals surface area contributed by atoms with Gasteiger partial charge in [-0.2, -0.15) is 0 Å². The molecule has 0 spiro atoms. The van der Waals surface area contributed by atoms with Crippen LogP contribution >= 0.6 is 15.9 Å². The summed E-state index contributed by atoms with van der Waals surface area (Å²) in [5, 5.41) is 13.4. The smallest absolute Gasteiger partial charge is 0.0741 e. The molecule has 2 N–H and O–H groups in total. The van der Waals surface area contributed by atoms with Crippen molar-refractivity contribution in [2.45, 2.75) is 51.7 Å². The van der Waals surface area contributed by atoms with Gasteiger partial charge in [0, 0.05) is 10.2 Å². The number of hydrogen-bond acceptors (Lipinski definition) is 2. The molecule has 0 radical (unpaired) electrons. The summed E-state index contributed by atoms with van der Waals surface area (Å²) in [6.45, 7) is 4.19. The first kappa shape index (κ1) is 12.9. The van der Waals surface area contributed by atoms with Crippen molar-refractivity contribution < 1.29 is 5.11 Å². The minimum atomic E-state index is -0.201. The molecule has 0 bridgehead atoms. The number of aliphatic hydroxyl groups is 1. The van der Waals surface area contributed by atoms with Crippen molar-refractivity contribution in [3.63, 3.8) is 0 Å². The van der Waals surface area contributed by atoms with Crippen LogP contribution in [-0.4, -0.2) is 17.3 Å². The summed E-state index contributed by atoms with van der Waals surface area (Å²) in [6.07, 6.45) is 4.15. The van der Waals surface area contributed by atoms with Gasteiger partial charge < -0.3 is 10.4 Å². The van der Waals surface area contributed by atoms with Gasteiger partial charge in [0.05, 0.1) is 12.1 Å². The average molecular weight is 298 g/mol. The number of anilines is 1. The van der Waals surface area contributed by atoms with Gasteiger partial charge in [0.15, 0.2) is 0 Å². The SMILES string of the molecule is Cc1cc(N[C@H]2CCCC[C@@H]2O)cc(C)c1Br. The molecule has 1 aliphatic carbocycles. The van der Waals surface area contributed by atoms with Crippen LogP contribution in [-0.2, 0) is 0 Å². The van der Waals surface area contributed by atoms with Gasteiger partial charge in [0.25, 0.3) is 0 Å². The van der Waals surface area contributed by atoms with Gasteiger partial charge in [-0.3, -0.25) is 0 Å². The highest BCUT2D eigenvalue weighted by Crippen LogP contribution is 2.27. The van der Waals surface area contributed by atoms with Crippen LogP contribution in [0.5, 0.6) is 0 Å². The Hall–Kier alpha value is -0.540. The van der Waals surface area contributed by atoms with Crippen LogP contribution in [0.4, 0.5) is 5.69 Å². The molecule has 0 aromatic heterocycles. The van der Waals surface area contributed by atoms with Gasteiger partial charge in [-0.15, -0.1) is 0 Å². The lowest BCUT2D eigenvalue weighted by Crippen LogP contribution is -2.36. The van der Waals surface area contributed by atoms with E-state index in [0.29, 0.717) is 0 Å². The Bertz CT molecular complexity index is 382. The van der Waals surface area contributed by atoms with Crippen LogP contribution in [0.15, 0.2) is 16.6 Å². The zero-order chi connectivity index (χ0) is 12.4. The summed E-state index contributed by atoms with van der Waals surface area (Å²) in [5.74, 6) is 0. The summed E-state index contributed by atoms with van der Waals surface area (Å²) in [6, 6.07) is 4.49. The lowest BCUT2D eigenvalue weighted by Gasteiger charge is -2.29. The third-order valence-electron chi connectivity index (χ3n) is 3.52. The second-order valence-corrected chi connectivity index (χ2v) is 5.82. The fourth-order valence-corrected chi connectivity index (χ4v) is 2.75. The first-order chi connectivity index (χ1) is 8.08. The molecule has 0 saturated heterocycles. The van der Waals surface area contributed by atoms with Crippen molar-refractivity contribution in [1.82, 2.24) is 0 Å². The van der Waals surface area contributed by atoms with Crippen LogP contribution < -0.4 is 5.32 Å². The highest BCUT2D eigenvalue weighted by Gasteiger charge is 2.22. The zero-order valence-electron chi connectivity index (χ0n) is 10.5. The van der Waals surface area contributed by atoms with Gasteiger partial charge in [-0.1, -0.05) is 28.8 Å². The number of hydrogen-bond donors (Lipinski definition) is 2. The van der Waals surface area contributed by atoms with E-state index >= 15 is 0 Å². The van der Waals surface area contributed by atoms with Crippen LogP contribution in [0.3, 0.4) is 0 Å². The Labute approximate surface area is 112 Å². The molecule has 0 unspecified atom stereocenters. The van der Waals surface area contributed by atoms with E-state index < -0.39 is 0 Å². The average Bonchev–Trinajstić information content (AvgIpc) is 2.29. The molecule has 1 aromatic carbocycles. The molecular weight excluding hydrogens is 278 g/mol. The Morgan fingerprint density at radius 3 is 2.35 bits per heavy atom. The van der Waals surface area contributed by atoms with Crippen LogP contribution in [0, 0.1) is 13.8 Å². The number of benzene rings is 1. The molecule has 0 amide bonds. The van der Waals surface area contributed by atoms with E-state index in [9.17, 15) is 5.11 Å². The fraction of sp³-hybridized carbons (Fsp3) is 0.571. The normalized spacial score (nSPS) is 24.7. The van der Waals surface area contributed by atoms with Crippen molar-refractivity contribution in [1.29, 1.82) is 0 Å². The predicted octanol–water partition coefficient (Wildman–Crippen LogP) is 3.78. The van der Waals surface area contributed by atoms with Crippen LogP contribution in [0.1, 0.15) is 36.8 Å². The van der Waals surface area contributed by atoms with Gasteiger partial charge in [-0.05, 0) is 49.9 Å². The molecule has 0 heterocycles. The van der Waals surface area contributed by atoms with Crippen molar-refractivity contribution in [2.75, 3.05) is 5.32 Å². The summed E-state index contributed by atoms with van der Waals surface area (Å²) in [5.41, 5.74) is 3.59. The van der Waals surface area contributed by atoms with Crippen molar-refractivity contribution >= 4 is 21.6 Å². The Balaban J connectivity index is 2.12. The van der Waals surface area contributed by atoms with E-state index in [-0.39, 0.29) is 12.1 Å². The second-order valence-electron chi connectivity index (χ2n) is 5.03. The molecule has 3 heteroatoms. The molecule has 0 aliphatic heterocycles. The number of aliphatic hydroxyl groups excluding tert-OH is 1. The van der Waals surface area contributed by atoms with Crippen LogP contribution in [0.25, 0.3) is 0 Å². The molecule has 1 aliphatic rings. The lowest BCUT2D eigenvalue weighted by molar-refractivity contribution is 0.116. The van der Waals surface area contributed by atoms with E-state index in [1.54, 1.807) is 0 Å². The molecule has 1 aromatic rings. The number of halogens is 1. The minimum absolute atomic E-state index is 0.201. The third kappa shape index (κ3) is 3.02. The fourth-order valence-electron chi connectivity index (χ4n) is 2.52. The molecule has 1 fully saturated rings. The van der Waals surface area contributed by atoms with E-state index in [1.165, 1.54) is 22.0 Å². The summed E-state index contributed by atoms with van der Waals surface area (Å²) >= 11 is 3.57. The Morgan fingerprint density at radius 2 is 1.76 bits per heavy atom. The largest absolute Gasteiger partial charge is 0.391 e. The zero-order valence-corrected chi connectivity index (χ0v) is 12.0. The summed E-state index contributed by atoms with van der Waals surface area (Å²) in [4.78, 5) is 0. The maximum absolute atomic E-state index is 9.95. The highest BCUT2D eigenvalue weighted by molar-refractivity contribution is 9.10. The number of nitrogens with one attached hydrogen (secondary N) is 1. The van der Waals surface area contributed by atoms with Gasteiger partial charge in [0.2, 0.25) is 0 Å². The third-order valence-corrected chi connectivity index (χ3v) is 4.77. The number of aryl methyl sites for hydroxylation is 2. The van der Waals surface area contributed by atoms with Gasteiger partial charge in [0.1, 0.15) is 0 Å². The molecular formula is C14H20BrNO. The maximum Gasteiger partial charge on any atom is 0.0741 e. The Morgan fingerprint density at radius 1 is 1.18 bits per heavy atom. The van der Waals surface area contributed by atoms with Crippen molar-refractivity contribution in [2.24, 2.45) is 0 Å². The lowest BCUT2D eigenvalue weighted by atomic mass is 9.92. The maximum atomic E-state index is 9.95. The minimum Gasteiger partial charge on any atom is -0.391 e. The van der Waals surface area contributed by atoms with E-state index in [4.69, 9.17) is 0 Å². The van der Waals surface area contributed by atoms with Gasteiger partial charge in [-0.25, -0.2) is 0 Å². The molecule has 2 atom stereocenters. The topological polar surface area (TPSA) is 32.3 Å². The molecule has 17 heavy (non-hydrogen) atoms. The summed E-state index contributed by atoms with van der Waals surface area (Å²) < 4.78 is 1.17. The number of rotatable bonds is 2. The van der Waals surface area contributed by atoms with E-state index in [0.717, 1.165) is 24.9 Å². The Kier molecular flexibility index (Phi) is 4.10. The first-order valence-corrected chi connectivity index (χ1v) is 7.08. The monoisotopic (exact) mass is 297 g/mol. The first-order valence-electron chi connectivity index (χ1n) is 6.29. The predicted molar refractivity (Wildman–Crippen MR) is 75.5 cm³/mol. The molecule has 1 saturated carbocycles. The van der Waals surface area contributed by atoms with Gasteiger partial charge >= 0.3 is 0 Å².